The number of carboxylic acids is 2. The van der Waals surface area contributed by atoms with Crippen LogP contribution in [0.15, 0.2) is 60.7 Å². The molecule has 0 unspecified atom stereocenters. The molecular weight excluding hydrogens is 451 g/mol. The van der Waals surface area contributed by atoms with Gasteiger partial charge in [0.2, 0.25) is 0 Å². The summed E-state index contributed by atoms with van der Waals surface area (Å²) in [5.41, 5.74) is 2.48. The van der Waals surface area contributed by atoms with Crippen molar-refractivity contribution in [3.63, 3.8) is 0 Å². The fourth-order valence-electron chi connectivity index (χ4n) is 3.43. The van der Waals surface area contributed by atoms with E-state index in [-0.39, 0.29) is 0 Å². The Balaban J connectivity index is 0.000000390. The van der Waals surface area contributed by atoms with Crippen LogP contribution in [0.2, 0.25) is 10.0 Å². The summed E-state index contributed by atoms with van der Waals surface area (Å²) >= 11 is 12.3. The summed E-state index contributed by atoms with van der Waals surface area (Å²) < 4.78 is 0. The summed E-state index contributed by atoms with van der Waals surface area (Å²) in [6, 6.07) is 16.2. The number of likely N-dealkylation sites (tertiary alicyclic amines) is 1. The largest absolute Gasteiger partial charge is 0.478 e. The zero-order valence-corrected chi connectivity index (χ0v) is 19.2. The van der Waals surface area contributed by atoms with Gasteiger partial charge in [0.05, 0.1) is 0 Å². The summed E-state index contributed by atoms with van der Waals surface area (Å²) in [4.78, 5) is 21.6. The molecule has 2 aromatic carbocycles. The molecule has 1 heterocycles. The molecule has 0 amide bonds. The number of hydrogen-bond donors (Lipinski definition) is 3. The van der Waals surface area contributed by atoms with E-state index in [0.717, 1.165) is 48.7 Å². The number of carbonyl (C=O) groups is 2. The third-order valence-electron chi connectivity index (χ3n) is 5.08. The molecule has 32 heavy (non-hydrogen) atoms. The van der Waals surface area contributed by atoms with E-state index < -0.39 is 11.9 Å². The second-order valence-electron chi connectivity index (χ2n) is 7.58. The van der Waals surface area contributed by atoms with Gasteiger partial charge in [0.1, 0.15) is 0 Å². The van der Waals surface area contributed by atoms with Crippen LogP contribution in [0.5, 0.6) is 0 Å². The van der Waals surface area contributed by atoms with E-state index in [0.29, 0.717) is 12.2 Å². The number of nitrogens with one attached hydrogen (secondary N) is 1. The smallest absolute Gasteiger partial charge is 0.328 e. The normalized spacial score (nSPS) is 14.7. The third-order valence-corrected chi connectivity index (χ3v) is 5.68. The second kappa shape index (κ2) is 13.9. The van der Waals surface area contributed by atoms with Gasteiger partial charge in [-0.2, -0.15) is 0 Å². The molecule has 3 rings (SSSR count). The lowest BCUT2D eigenvalue weighted by atomic mass is 9.96. The molecule has 0 bridgehead atoms. The standard InChI is InChI=1S/C20H24Cl2N2.C4H4O4/c21-19-6-3-4-17(12-19)14-23-13-16-8-10-24(11-9-16)15-18-5-1-2-7-20(18)22;5-3(6)1-2-4(7)8/h1-7,12,16,23H,8-11,13-15H2;1-2H,(H,5,6)(H,7,8)/b;2-1+. The van der Waals surface area contributed by atoms with Gasteiger partial charge in [-0.1, -0.05) is 53.5 Å². The van der Waals surface area contributed by atoms with Gasteiger partial charge in [0, 0.05) is 35.3 Å². The van der Waals surface area contributed by atoms with Crippen LogP contribution in [-0.2, 0) is 22.7 Å². The summed E-state index contributed by atoms with van der Waals surface area (Å²) in [6.45, 7) is 5.22. The molecule has 2 aromatic rings. The minimum absolute atomic E-state index is 0.558. The molecule has 0 aliphatic carbocycles. The number of piperidine rings is 1. The van der Waals surface area contributed by atoms with Gasteiger partial charge in [-0.3, -0.25) is 4.90 Å². The van der Waals surface area contributed by atoms with E-state index in [1.165, 1.54) is 24.0 Å². The van der Waals surface area contributed by atoms with Gasteiger partial charge in [-0.15, -0.1) is 0 Å². The van der Waals surface area contributed by atoms with Gasteiger partial charge < -0.3 is 15.5 Å². The molecule has 1 aliphatic rings. The van der Waals surface area contributed by atoms with Gasteiger partial charge in [-0.25, -0.2) is 9.59 Å². The van der Waals surface area contributed by atoms with Crippen LogP contribution in [0.4, 0.5) is 0 Å². The number of aliphatic carboxylic acids is 2. The fraction of sp³-hybridized carbons (Fsp3) is 0.333. The SMILES string of the molecule is Clc1cccc(CNCC2CCN(Cc3ccccc3Cl)CC2)c1.O=C(O)/C=C/C(=O)O. The lowest BCUT2D eigenvalue weighted by Gasteiger charge is -2.32. The average Bonchev–Trinajstić information content (AvgIpc) is 2.76. The molecule has 3 N–H and O–H groups in total. The van der Waals surface area contributed by atoms with Crippen LogP contribution in [0.3, 0.4) is 0 Å². The molecule has 1 aliphatic heterocycles. The Hall–Kier alpha value is -2.38. The minimum Gasteiger partial charge on any atom is -0.478 e. The van der Waals surface area contributed by atoms with Crippen molar-refractivity contribution >= 4 is 35.1 Å². The van der Waals surface area contributed by atoms with E-state index in [2.05, 4.69) is 28.4 Å². The van der Waals surface area contributed by atoms with Crippen molar-refractivity contribution in [2.45, 2.75) is 25.9 Å². The predicted molar refractivity (Wildman–Crippen MR) is 127 cm³/mol. The second-order valence-corrected chi connectivity index (χ2v) is 8.43. The molecular formula is C24H28Cl2N2O4. The van der Waals surface area contributed by atoms with E-state index in [4.69, 9.17) is 33.4 Å². The number of rotatable bonds is 8. The van der Waals surface area contributed by atoms with Crippen molar-refractivity contribution in [1.82, 2.24) is 10.2 Å². The lowest BCUT2D eigenvalue weighted by Crippen LogP contribution is -2.36. The molecule has 0 aromatic heterocycles. The van der Waals surface area contributed by atoms with E-state index >= 15 is 0 Å². The monoisotopic (exact) mass is 478 g/mol. The van der Waals surface area contributed by atoms with Crippen LogP contribution < -0.4 is 5.32 Å². The average molecular weight is 479 g/mol. The zero-order valence-electron chi connectivity index (χ0n) is 17.7. The molecule has 0 saturated carbocycles. The van der Waals surface area contributed by atoms with Crippen molar-refractivity contribution in [3.8, 4) is 0 Å². The van der Waals surface area contributed by atoms with Crippen molar-refractivity contribution in [2.24, 2.45) is 5.92 Å². The zero-order chi connectivity index (χ0) is 23.3. The van der Waals surface area contributed by atoms with Gasteiger partial charge in [-0.05, 0) is 67.7 Å². The topological polar surface area (TPSA) is 89.9 Å². The van der Waals surface area contributed by atoms with Gasteiger partial charge >= 0.3 is 11.9 Å². The predicted octanol–water partition coefficient (Wildman–Crippen LogP) is 4.71. The van der Waals surface area contributed by atoms with Crippen LogP contribution in [0.1, 0.15) is 24.0 Å². The third kappa shape index (κ3) is 10.3. The van der Waals surface area contributed by atoms with Crippen LogP contribution in [0, 0.1) is 5.92 Å². The van der Waals surface area contributed by atoms with E-state index in [9.17, 15) is 9.59 Å². The summed E-state index contributed by atoms with van der Waals surface area (Å²) in [5, 5.41) is 20.9. The lowest BCUT2D eigenvalue weighted by molar-refractivity contribution is -0.134. The Morgan fingerprint density at radius 2 is 1.66 bits per heavy atom. The number of nitrogens with zero attached hydrogens (tertiary/aromatic N) is 1. The molecule has 172 valence electrons. The van der Waals surface area contributed by atoms with Crippen LogP contribution in [-0.4, -0.2) is 46.7 Å². The fourth-order valence-corrected chi connectivity index (χ4v) is 3.83. The summed E-state index contributed by atoms with van der Waals surface area (Å²) in [6.07, 6.45) is 3.60. The Kier molecular flexibility index (Phi) is 11.2. The Morgan fingerprint density at radius 1 is 1.00 bits per heavy atom. The number of carboxylic acid groups (broad SMARTS) is 2. The van der Waals surface area contributed by atoms with Crippen LogP contribution in [0.25, 0.3) is 0 Å². The Bertz CT molecular complexity index is 896. The number of hydrogen-bond acceptors (Lipinski definition) is 4. The number of halogens is 2. The maximum absolute atomic E-state index is 9.55. The van der Waals surface area contributed by atoms with Crippen molar-refractivity contribution in [3.05, 3.63) is 81.9 Å². The number of benzene rings is 2. The highest BCUT2D eigenvalue weighted by Crippen LogP contribution is 2.22. The highest BCUT2D eigenvalue weighted by Gasteiger charge is 2.19. The molecule has 1 fully saturated rings. The van der Waals surface area contributed by atoms with E-state index in [1.807, 2.05) is 30.3 Å². The molecule has 0 spiro atoms. The first-order valence-electron chi connectivity index (χ1n) is 10.4. The Labute approximate surface area is 198 Å². The summed E-state index contributed by atoms with van der Waals surface area (Å²) in [7, 11) is 0. The Morgan fingerprint density at radius 3 is 2.25 bits per heavy atom. The van der Waals surface area contributed by atoms with Crippen molar-refractivity contribution in [2.75, 3.05) is 19.6 Å². The van der Waals surface area contributed by atoms with E-state index in [1.54, 1.807) is 0 Å². The van der Waals surface area contributed by atoms with Crippen molar-refractivity contribution < 1.29 is 19.8 Å². The van der Waals surface area contributed by atoms with Crippen molar-refractivity contribution in [1.29, 1.82) is 0 Å². The summed E-state index contributed by atoms with van der Waals surface area (Å²) in [5.74, 6) is -1.76. The van der Waals surface area contributed by atoms with Gasteiger partial charge in [0.15, 0.2) is 0 Å². The maximum Gasteiger partial charge on any atom is 0.328 e. The highest BCUT2D eigenvalue weighted by atomic mass is 35.5. The molecule has 0 radical (unpaired) electrons. The molecule has 1 saturated heterocycles. The maximum atomic E-state index is 9.55. The first-order valence-corrected chi connectivity index (χ1v) is 11.1. The minimum atomic E-state index is -1.26. The van der Waals surface area contributed by atoms with Gasteiger partial charge in [0.25, 0.3) is 0 Å². The quantitative estimate of drug-likeness (QED) is 0.476. The molecule has 8 heteroatoms. The van der Waals surface area contributed by atoms with Crippen LogP contribution >= 0.6 is 23.2 Å². The first kappa shape index (κ1) is 25.9. The molecule has 0 atom stereocenters. The molecule has 6 nitrogen and oxygen atoms in total. The highest BCUT2D eigenvalue weighted by molar-refractivity contribution is 6.31. The first-order chi connectivity index (χ1) is 15.3.